The minimum absolute atomic E-state index is 0.263. The van der Waals surface area contributed by atoms with E-state index < -0.39 is 0 Å². The van der Waals surface area contributed by atoms with E-state index in [2.05, 4.69) is 32.2 Å². The minimum Gasteiger partial charge on any atom is -0.323 e. The van der Waals surface area contributed by atoms with Crippen LogP contribution < -0.4 is 5.73 Å². The Morgan fingerprint density at radius 1 is 1.33 bits per heavy atom. The largest absolute Gasteiger partial charge is 0.323 e. The molecule has 1 rings (SSSR count). The maximum absolute atomic E-state index is 6.21. The Labute approximate surface area is 97.7 Å². The van der Waals surface area contributed by atoms with Crippen LogP contribution in [0.15, 0.2) is 11.4 Å². The highest BCUT2D eigenvalue weighted by Crippen LogP contribution is 2.27. The van der Waals surface area contributed by atoms with Crippen molar-refractivity contribution in [1.82, 2.24) is 0 Å². The highest BCUT2D eigenvalue weighted by Gasteiger charge is 2.11. The zero-order valence-electron chi connectivity index (χ0n) is 10.1. The third-order valence-corrected chi connectivity index (χ3v) is 3.89. The molecule has 1 nitrogen and oxygen atoms in total. The number of rotatable bonds is 6. The molecule has 0 radical (unpaired) electrons. The van der Waals surface area contributed by atoms with E-state index in [1.54, 1.807) is 0 Å². The van der Waals surface area contributed by atoms with Gasteiger partial charge >= 0.3 is 0 Å². The Hall–Kier alpha value is -0.340. The van der Waals surface area contributed by atoms with Crippen molar-refractivity contribution >= 4 is 11.3 Å². The van der Waals surface area contributed by atoms with E-state index in [1.807, 2.05) is 11.3 Å². The lowest BCUT2D eigenvalue weighted by atomic mass is 10.0. The molecule has 0 aliphatic heterocycles. The van der Waals surface area contributed by atoms with Gasteiger partial charge in [0.2, 0.25) is 0 Å². The standard InChI is InChI=1S/C13H23NS/c1-4-11-8-9-15-13(11)12(14)7-5-6-10(2)3/h8-10,12H,4-7,14H2,1-3H3. The molecule has 0 amide bonds. The summed E-state index contributed by atoms with van der Waals surface area (Å²) in [5.74, 6) is 0.797. The van der Waals surface area contributed by atoms with E-state index in [9.17, 15) is 0 Å². The van der Waals surface area contributed by atoms with Crippen LogP contribution in [0.5, 0.6) is 0 Å². The first-order chi connectivity index (χ1) is 7.15. The summed E-state index contributed by atoms with van der Waals surface area (Å²) >= 11 is 1.82. The SMILES string of the molecule is CCc1ccsc1C(N)CCCC(C)C. The zero-order chi connectivity index (χ0) is 11.3. The molecule has 1 atom stereocenters. The van der Waals surface area contributed by atoms with Crippen molar-refractivity contribution in [1.29, 1.82) is 0 Å². The smallest absolute Gasteiger partial charge is 0.0392 e. The molecule has 15 heavy (non-hydrogen) atoms. The molecular weight excluding hydrogens is 202 g/mol. The summed E-state index contributed by atoms with van der Waals surface area (Å²) in [4.78, 5) is 1.40. The van der Waals surface area contributed by atoms with E-state index in [-0.39, 0.29) is 6.04 Å². The predicted octanol–water partition coefficient (Wildman–Crippen LogP) is 4.14. The molecule has 1 unspecified atom stereocenters. The number of aryl methyl sites for hydroxylation is 1. The molecule has 0 bridgehead atoms. The van der Waals surface area contributed by atoms with Crippen LogP contribution in [0.4, 0.5) is 0 Å². The number of hydrogen-bond acceptors (Lipinski definition) is 2. The Morgan fingerprint density at radius 2 is 2.07 bits per heavy atom. The van der Waals surface area contributed by atoms with Gasteiger partial charge in [-0.2, -0.15) is 0 Å². The minimum atomic E-state index is 0.263. The summed E-state index contributed by atoms with van der Waals surface area (Å²) in [7, 11) is 0. The van der Waals surface area contributed by atoms with Gasteiger partial charge in [-0.05, 0) is 35.8 Å². The lowest BCUT2D eigenvalue weighted by Crippen LogP contribution is -2.10. The number of nitrogens with two attached hydrogens (primary N) is 1. The molecule has 0 aromatic carbocycles. The molecule has 2 N–H and O–H groups in total. The summed E-state index contributed by atoms with van der Waals surface area (Å²) < 4.78 is 0. The molecule has 86 valence electrons. The van der Waals surface area contributed by atoms with Gasteiger partial charge in [0.1, 0.15) is 0 Å². The molecule has 0 spiro atoms. The first-order valence-electron chi connectivity index (χ1n) is 5.97. The van der Waals surface area contributed by atoms with Crippen LogP contribution in [0, 0.1) is 5.92 Å². The lowest BCUT2D eigenvalue weighted by molar-refractivity contribution is 0.507. The first-order valence-corrected chi connectivity index (χ1v) is 6.85. The Bertz CT molecular complexity index is 278. The summed E-state index contributed by atoms with van der Waals surface area (Å²) in [6.07, 6.45) is 4.78. The van der Waals surface area contributed by atoms with Gasteiger partial charge in [0.25, 0.3) is 0 Å². The third-order valence-electron chi connectivity index (χ3n) is 2.79. The lowest BCUT2D eigenvalue weighted by Gasteiger charge is -2.12. The molecule has 1 heterocycles. The third kappa shape index (κ3) is 3.96. The molecular formula is C13H23NS. The predicted molar refractivity (Wildman–Crippen MR) is 69.3 cm³/mol. The van der Waals surface area contributed by atoms with Crippen LogP contribution in [0.3, 0.4) is 0 Å². The van der Waals surface area contributed by atoms with Gasteiger partial charge in [-0.1, -0.05) is 33.6 Å². The van der Waals surface area contributed by atoms with Gasteiger partial charge in [0.15, 0.2) is 0 Å². The average molecular weight is 225 g/mol. The van der Waals surface area contributed by atoms with Crippen molar-refractivity contribution < 1.29 is 0 Å². The van der Waals surface area contributed by atoms with Crippen molar-refractivity contribution in [2.75, 3.05) is 0 Å². The van der Waals surface area contributed by atoms with Crippen LogP contribution in [0.1, 0.15) is 56.5 Å². The fraction of sp³-hybridized carbons (Fsp3) is 0.692. The molecule has 0 aliphatic carbocycles. The molecule has 0 saturated heterocycles. The monoisotopic (exact) mass is 225 g/mol. The zero-order valence-corrected chi connectivity index (χ0v) is 10.9. The number of thiophene rings is 1. The summed E-state index contributed by atoms with van der Waals surface area (Å²) in [5, 5.41) is 2.16. The van der Waals surface area contributed by atoms with E-state index in [1.165, 1.54) is 23.3 Å². The maximum Gasteiger partial charge on any atom is 0.0392 e. The first kappa shape index (κ1) is 12.7. The van der Waals surface area contributed by atoms with Crippen LogP contribution in [0.25, 0.3) is 0 Å². The van der Waals surface area contributed by atoms with Gasteiger partial charge in [-0.25, -0.2) is 0 Å². The summed E-state index contributed by atoms with van der Waals surface area (Å²) in [6.45, 7) is 6.74. The van der Waals surface area contributed by atoms with Crippen LogP contribution in [-0.4, -0.2) is 0 Å². The van der Waals surface area contributed by atoms with Gasteiger partial charge in [-0.3, -0.25) is 0 Å². The van der Waals surface area contributed by atoms with Crippen LogP contribution in [0.2, 0.25) is 0 Å². The quantitative estimate of drug-likeness (QED) is 0.773. The van der Waals surface area contributed by atoms with E-state index in [4.69, 9.17) is 5.73 Å². The maximum atomic E-state index is 6.21. The molecule has 1 aromatic rings. The van der Waals surface area contributed by atoms with Gasteiger partial charge in [0.05, 0.1) is 0 Å². The number of hydrogen-bond donors (Lipinski definition) is 1. The normalized spacial score (nSPS) is 13.4. The molecule has 0 aliphatic rings. The van der Waals surface area contributed by atoms with Crippen LogP contribution in [-0.2, 0) is 6.42 Å². The van der Waals surface area contributed by atoms with Gasteiger partial charge in [-0.15, -0.1) is 11.3 Å². The molecule has 0 fully saturated rings. The van der Waals surface area contributed by atoms with Crippen molar-refractivity contribution in [2.24, 2.45) is 11.7 Å². The van der Waals surface area contributed by atoms with E-state index >= 15 is 0 Å². The molecule has 2 heteroatoms. The fourth-order valence-electron chi connectivity index (χ4n) is 1.84. The highest BCUT2D eigenvalue weighted by molar-refractivity contribution is 7.10. The van der Waals surface area contributed by atoms with Gasteiger partial charge < -0.3 is 5.73 Å². The fourth-order valence-corrected chi connectivity index (χ4v) is 2.88. The summed E-state index contributed by atoms with van der Waals surface area (Å²) in [5.41, 5.74) is 7.65. The van der Waals surface area contributed by atoms with Crippen molar-refractivity contribution in [3.8, 4) is 0 Å². The topological polar surface area (TPSA) is 26.0 Å². The van der Waals surface area contributed by atoms with E-state index in [0.29, 0.717) is 0 Å². The molecule has 0 saturated carbocycles. The summed E-state index contributed by atoms with van der Waals surface area (Å²) in [6, 6.07) is 2.47. The molecule has 1 aromatic heterocycles. The average Bonchev–Trinajstić information content (AvgIpc) is 2.64. The van der Waals surface area contributed by atoms with Crippen molar-refractivity contribution in [3.63, 3.8) is 0 Å². The second-order valence-corrected chi connectivity index (χ2v) is 5.54. The van der Waals surface area contributed by atoms with Crippen molar-refractivity contribution in [3.05, 3.63) is 21.9 Å². The second kappa shape index (κ2) is 6.29. The van der Waals surface area contributed by atoms with Crippen molar-refractivity contribution in [2.45, 2.75) is 52.5 Å². The second-order valence-electron chi connectivity index (χ2n) is 4.59. The Morgan fingerprint density at radius 3 is 2.67 bits per heavy atom. The van der Waals surface area contributed by atoms with E-state index in [0.717, 1.165) is 18.8 Å². The van der Waals surface area contributed by atoms with Gasteiger partial charge in [0, 0.05) is 10.9 Å². The van der Waals surface area contributed by atoms with Crippen LogP contribution >= 0.6 is 11.3 Å². The Balaban J connectivity index is 2.43. The Kier molecular flexibility index (Phi) is 5.34. The highest BCUT2D eigenvalue weighted by atomic mass is 32.1.